The van der Waals surface area contributed by atoms with Gasteiger partial charge >= 0.3 is 5.97 Å². The highest BCUT2D eigenvalue weighted by atomic mass is 16.6. The van der Waals surface area contributed by atoms with E-state index >= 15 is 0 Å². The summed E-state index contributed by atoms with van der Waals surface area (Å²) in [6.07, 6.45) is -0.745. The summed E-state index contributed by atoms with van der Waals surface area (Å²) in [4.78, 5) is 22.5. The van der Waals surface area contributed by atoms with Crippen molar-refractivity contribution in [3.8, 4) is 23.0 Å². The monoisotopic (exact) mass is 413 g/mol. The number of ether oxygens (including phenoxy) is 3. The number of hydrogen-bond donors (Lipinski definition) is 0. The topological polar surface area (TPSA) is 127 Å². The maximum Gasteiger partial charge on any atom is 0.311 e. The molecule has 0 unspecified atom stereocenters. The number of hydrogen-bond acceptors (Lipinski definition) is 9. The number of nitro benzene ring substituents is 1. The molecule has 10 heteroatoms. The summed E-state index contributed by atoms with van der Waals surface area (Å²) in [6.45, 7) is 1.61. The van der Waals surface area contributed by atoms with Gasteiger partial charge in [-0.3, -0.25) is 14.9 Å². The zero-order chi connectivity index (χ0) is 21.7. The van der Waals surface area contributed by atoms with Gasteiger partial charge in [-0.15, -0.1) is 10.2 Å². The Morgan fingerprint density at radius 2 is 1.80 bits per heavy atom. The molecule has 3 rings (SSSR count). The lowest BCUT2D eigenvalue weighted by atomic mass is 10.1. The number of nitro groups is 1. The second-order valence-corrected chi connectivity index (χ2v) is 6.25. The van der Waals surface area contributed by atoms with Crippen LogP contribution in [0.25, 0.3) is 11.5 Å². The summed E-state index contributed by atoms with van der Waals surface area (Å²) in [5, 5.41) is 18.5. The summed E-state index contributed by atoms with van der Waals surface area (Å²) >= 11 is 0. The van der Waals surface area contributed by atoms with Gasteiger partial charge in [0.15, 0.2) is 17.6 Å². The average Bonchev–Trinajstić information content (AvgIpc) is 3.24. The molecular weight excluding hydrogens is 394 g/mol. The smallest absolute Gasteiger partial charge is 0.311 e. The number of nitrogens with zero attached hydrogens (tertiary/aromatic N) is 3. The van der Waals surface area contributed by atoms with Crippen LogP contribution in [0.5, 0.6) is 11.5 Å². The van der Waals surface area contributed by atoms with E-state index in [-0.39, 0.29) is 23.9 Å². The van der Waals surface area contributed by atoms with E-state index in [0.717, 1.165) is 0 Å². The number of carbonyl (C=O) groups is 1. The maximum absolute atomic E-state index is 12.3. The molecule has 156 valence electrons. The van der Waals surface area contributed by atoms with Crippen LogP contribution >= 0.6 is 0 Å². The molecular formula is C20H19N3O7. The summed E-state index contributed by atoms with van der Waals surface area (Å²) in [6, 6.07) is 10.8. The van der Waals surface area contributed by atoms with Crippen molar-refractivity contribution in [2.75, 3.05) is 14.2 Å². The average molecular weight is 413 g/mol. The molecule has 1 heterocycles. The van der Waals surface area contributed by atoms with Crippen LogP contribution in [-0.2, 0) is 16.0 Å². The Morgan fingerprint density at radius 1 is 1.10 bits per heavy atom. The second-order valence-electron chi connectivity index (χ2n) is 6.25. The summed E-state index contributed by atoms with van der Waals surface area (Å²) in [5.74, 6) is 0.879. The molecule has 2 aromatic carbocycles. The van der Waals surface area contributed by atoms with Crippen molar-refractivity contribution in [2.45, 2.75) is 19.4 Å². The Balaban J connectivity index is 1.64. The molecule has 1 aromatic heterocycles. The van der Waals surface area contributed by atoms with Crippen LogP contribution in [0, 0.1) is 10.1 Å². The number of esters is 1. The number of carbonyl (C=O) groups excluding carboxylic acids is 1. The minimum atomic E-state index is -0.767. The number of rotatable bonds is 8. The molecule has 0 N–H and O–H groups in total. The van der Waals surface area contributed by atoms with Gasteiger partial charge in [-0.2, -0.15) is 0 Å². The fourth-order valence-electron chi connectivity index (χ4n) is 2.69. The van der Waals surface area contributed by atoms with Crippen molar-refractivity contribution < 1.29 is 28.3 Å². The molecule has 0 spiro atoms. The number of aromatic nitrogens is 2. The number of methoxy groups -OCH3 is 2. The highest BCUT2D eigenvalue weighted by Crippen LogP contribution is 2.28. The third-order valence-electron chi connectivity index (χ3n) is 4.22. The summed E-state index contributed by atoms with van der Waals surface area (Å²) in [5.41, 5.74) is 1.17. The van der Waals surface area contributed by atoms with Gasteiger partial charge in [-0.25, -0.2) is 0 Å². The molecule has 3 aromatic rings. The SMILES string of the molecule is COc1ccc(CC(=O)O[C@@H](C)c2nnc(-c3ccc([N+](=O)[O-])cc3)o2)cc1OC. The lowest BCUT2D eigenvalue weighted by Crippen LogP contribution is -2.12. The van der Waals surface area contributed by atoms with Gasteiger partial charge in [0.25, 0.3) is 11.6 Å². The van der Waals surface area contributed by atoms with E-state index in [9.17, 15) is 14.9 Å². The van der Waals surface area contributed by atoms with Gasteiger partial charge in [0.05, 0.1) is 25.6 Å². The lowest BCUT2D eigenvalue weighted by molar-refractivity contribution is -0.384. The van der Waals surface area contributed by atoms with Gasteiger partial charge in [0.1, 0.15) is 0 Å². The molecule has 0 bridgehead atoms. The molecule has 10 nitrogen and oxygen atoms in total. The Kier molecular flexibility index (Phi) is 6.26. The first kappa shape index (κ1) is 20.8. The van der Waals surface area contributed by atoms with E-state index in [0.29, 0.717) is 22.6 Å². The minimum absolute atomic E-state index is 0.0219. The van der Waals surface area contributed by atoms with Crippen molar-refractivity contribution >= 4 is 11.7 Å². The predicted octanol–water partition coefficient (Wildman–Crippen LogP) is 3.51. The summed E-state index contributed by atoms with van der Waals surface area (Å²) < 4.78 is 21.3. The molecule has 1 atom stereocenters. The van der Waals surface area contributed by atoms with E-state index in [2.05, 4.69) is 10.2 Å². The molecule has 0 saturated heterocycles. The van der Waals surface area contributed by atoms with Crippen LogP contribution in [0.1, 0.15) is 24.5 Å². The Labute approximate surface area is 171 Å². The first-order valence-corrected chi connectivity index (χ1v) is 8.90. The standard InChI is InChI=1S/C20H19N3O7/c1-12(29-18(24)11-13-4-9-16(27-2)17(10-13)28-3)19-21-22-20(30-19)14-5-7-15(8-6-14)23(25)26/h4-10,12H,11H2,1-3H3/t12-/m0/s1. The predicted molar refractivity (Wildman–Crippen MR) is 104 cm³/mol. The normalized spacial score (nSPS) is 11.6. The fourth-order valence-corrected chi connectivity index (χ4v) is 2.69. The van der Waals surface area contributed by atoms with Crippen LogP contribution in [0.15, 0.2) is 46.9 Å². The maximum atomic E-state index is 12.3. The van der Waals surface area contributed by atoms with E-state index < -0.39 is 17.0 Å². The highest BCUT2D eigenvalue weighted by molar-refractivity contribution is 5.73. The Bertz CT molecular complexity index is 1050. The van der Waals surface area contributed by atoms with Crippen molar-refractivity contribution in [3.63, 3.8) is 0 Å². The zero-order valence-electron chi connectivity index (χ0n) is 16.5. The van der Waals surface area contributed by atoms with Crippen LogP contribution in [-0.4, -0.2) is 35.3 Å². The van der Waals surface area contributed by atoms with Crippen LogP contribution < -0.4 is 9.47 Å². The first-order chi connectivity index (χ1) is 14.4. The van der Waals surface area contributed by atoms with E-state index in [4.69, 9.17) is 18.6 Å². The molecule has 0 amide bonds. The number of benzene rings is 2. The van der Waals surface area contributed by atoms with Gasteiger partial charge in [-0.1, -0.05) is 6.07 Å². The molecule has 0 aliphatic heterocycles. The van der Waals surface area contributed by atoms with Crippen molar-refractivity contribution in [3.05, 3.63) is 64.0 Å². The summed E-state index contributed by atoms with van der Waals surface area (Å²) in [7, 11) is 3.04. The molecule has 0 aliphatic rings. The molecule has 0 radical (unpaired) electrons. The molecule has 30 heavy (non-hydrogen) atoms. The fraction of sp³-hybridized carbons (Fsp3) is 0.250. The third kappa shape index (κ3) is 4.72. The Morgan fingerprint density at radius 3 is 2.43 bits per heavy atom. The van der Waals surface area contributed by atoms with Crippen LogP contribution in [0.2, 0.25) is 0 Å². The zero-order valence-corrected chi connectivity index (χ0v) is 16.5. The van der Waals surface area contributed by atoms with E-state index in [1.165, 1.54) is 38.5 Å². The molecule has 0 aliphatic carbocycles. The van der Waals surface area contributed by atoms with Gasteiger partial charge in [0, 0.05) is 17.7 Å². The third-order valence-corrected chi connectivity index (χ3v) is 4.22. The second kappa shape index (κ2) is 9.03. The van der Waals surface area contributed by atoms with Gasteiger partial charge in [-0.05, 0) is 36.8 Å². The van der Waals surface area contributed by atoms with Gasteiger partial charge < -0.3 is 18.6 Å². The van der Waals surface area contributed by atoms with Crippen molar-refractivity contribution in [1.82, 2.24) is 10.2 Å². The minimum Gasteiger partial charge on any atom is -0.493 e. The van der Waals surface area contributed by atoms with Crippen LogP contribution in [0.4, 0.5) is 5.69 Å². The van der Waals surface area contributed by atoms with Crippen molar-refractivity contribution in [1.29, 1.82) is 0 Å². The van der Waals surface area contributed by atoms with E-state index in [1.54, 1.807) is 25.1 Å². The first-order valence-electron chi connectivity index (χ1n) is 8.90. The number of non-ortho nitro benzene ring substituents is 1. The van der Waals surface area contributed by atoms with E-state index in [1.807, 2.05) is 0 Å². The Hall–Kier alpha value is -3.95. The highest BCUT2D eigenvalue weighted by Gasteiger charge is 2.20. The van der Waals surface area contributed by atoms with Gasteiger partial charge in [0.2, 0.25) is 5.89 Å². The molecule has 0 fully saturated rings. The largest absolute Gasteiger partial charge is 0.493 e. The quantitative estimate of drug-likeness (QED) is 0.309. The van der Waals surface area contributed by atoms with Crippen LogP contribution in [0.3, 0.4) is 0 Å². The lowest BCUT2D eigenvalue weighted by Gasteiger charge is -2.11. The van der Waals surface area contributed by atoms with Crippen molar-refractivity contribution in [2.24, 2.45) is 0 Å². The molecule has 0 saturated carbocycles.